The Labute approximate surface area is 180 Å². The second-order valence-corrected chi connectivity index (χ2v) is 10.3. The largest absolute Gasteiger partial charge is 0.353 e. The molecule has 1 aliphatic rings. The van der Waals surface area contributed by atoms with Gasteiger partial charge < -0.3 is 5.32 Å². The molecule has 0 aliphatic carbocycles. The maximum absolute atomic E-state index is 13.1. The number of hydrogen-bond acceptors (Lipinski definition) is 3. The van der Waals surface area contributed by atoms with E-state index in [0.717, 1.165) is 24.0 Å². The van der Waals surface area contributed by atoms with Crippen LogP contribution in [-0.4, -0.2) is 37.8 Å². The fourth-order valence-corrected chi connectivity index (χ4v) is 5.72. The summed E-state index contributed by atoms with van der Waals surface area (Å²) in [7, 11) is -3.53. The lowest BCUT2D eigenvalue weighted by Gasteiger charge is -2.31. The zero-order valence-electron chi connectivity index (χ0n) is 18.1. The predicted molar refractivity (Wildman–Crippen MR) is 120 cm³/mol. The quantitative estimate of drug-likeness (QED) is 0.729. The monoisotopic (exact) mass is 428 g/mol. The van der Waals surface area contributed by atoms with Crippen molar-refractivity contribution in [1.29, 1.82) is 0 Å². The van der Waals surface area contributed by atoms with Crippen molar-refractivity contribution < 1.29 is 13.2 Å². The number of aryl methyl sites for hydroxylation is 3. The molecule has 1 N–H and O–H groups in total. The fraction of sp³-hybridized carbons (Fsp3) is 0.458. The number of rotatable bonds is 7. The molecule has 1 aliphatic heterocycles. The van der Waals surface area contributed by atoms with Gasteiger partial charge in [-0.05, 0) is 69.2 Å². The van der Waals surface area contributed by atoms with Crippen LogP contribution < -0.4 is 5.32 Å². The van der Waals surface area contributed by atoms with Gasteiger partial charge >= 0.3 is 0 Å². The first-order valence-corrected chi connectivity index (χ1v) is 12.1. The zero-order valence-corrected chi connectivity index (χ0v) is 18.9. The molecule has 1 unspecified atom stereocenters. The highest BCUT2D eigenvalue weighted by Crippen LogP contribution is 2.26. The van der Waals surface area contributed by atoms with E-state index in [2.05, 4.69) is 17.4 Å². The van der Waals surface area contributed by atoms with Gasteiger partial charge in [0.15, 0.2) is 0 Å². The number of sulfonamides is 1. The Morgan fingerprint density at radius 3 is 2.43 bits per heavy atom. The molecule has 5 nitrogen and oxygen atoms in total. The molecule has 2 aromatic rings. The Balaban J connectivity index is 1.52. The second kappa shape index (κ2) is 9.75. The van der Waals surface area contributed by atoms with Crippen LogP contribution in [0.5, 0.6) is 0 Å². The maximum atomic E-state index is 13.1. The molecule has 0 aromatic heterocycles. The Kier molecular flexibility index (Phi) is 7.32. The van der Waals surface area contributed by atoms with Crippen molar-refractivity contribution in [3.05, 3.63) is 65.2 Å². The van der Waals surface area contributed by atoms with Gasteiger partial charge in [-0.15, -0.1) is 0 Å². The van der Waals surface area contributed by atoms with Gasteiger partial charge in [-0.1, -0.05) is 42.5 Å². The Bertz CT molecular complexity index is 965. The summed E-state index contributed by atoms with van der Waals surface area (Å²) < 4.78 is 27.6. The molecule has 1 atom stereocenters. The molecular formula is C24H32N2O3S. The first-order chi connectivity index (χ1) is 14.3. The number of nitrogens with one attached hydrogen (secondary N) is 1. The van der Waals surface area contributed by atoms with Gasteiger partial charge in [0, 0.05) is 25.0 Å². The molecular weight excluding hydrogens is 396 g/mol. The van der Waals surface area contributed by atoms with Gasteiger partial charge in [-0.25, -0.2) is 8.42 Å². The van der Waals surface area contributed by atoms with Crippen LogP contribution in [0.25, 0.3) is 0 Å². The molecule has 1 fully saturated rings. The zero-order chi connectivity index (χ0) is 21.7. The number of carbonyl (C=O) groups is 1. The van der Waals surface area contributed by atoms with E-state index in [1.807, 2.05) is 51.1 Å². The minimum Gasteiger partial charge on any atom is -0.353 e. The Morgan fingerprint density at radius 2 is 1.77 bits per heavy atom. The van der Waals surface area contributed by atoms with Crippen molar-refractivity contribution in [2.24, 2.45) is 5.92 Å². The molecule has 0 saturated carbocycles. The fourth-order valence-electron chi connectivity index (χ4n) is 3.94. The second-order valence-electron chi connectivity index (χ2n) is 8.38. The summed E-state index contributed by atoms with van der Waals surface area (Å²) in [5, 5.41) is 3.11. The minimum atomic E-state index is -3.53. The van der Waals surface area contributed by atoms with E-state index < -0.39 is 10.0 Å². The van der Waals surface area contributed by atoms with Gasteiger partial charge in [0.25, 0.3) is 0 Å². The Hall–Kier alpha value is -2.18. The van der Waals surface area contributed by atoms with E-state index in [0.29, 0.717) is 30.8 Å². The average molecular weight is 429 g/mol. The lowest BCUT2D eigenvalue weighted by atomic mass is 9.96. The van der Waals surface area contributed by atoms with Crippen LogP contribution in [0.1, 0.15) is 42.9 Å². The highest BCUT2D eigenvalue weighted by atomic mass is 32.2. The van der Waals surface area contributed by atoms with Crippen LogP contribution in [-0.2, 0) is 21.2 Å². The maximum Gasteiger partial charge on any atom is 0.243 e. The number of benzene rings is 2. The van der Waals surface area contributed by atoms with Gasteiger partial charge in [-0.2, -0.15) is 4.31 Å². The molecule has 0 radical (unpaired) electrons. The molecule has 2 aromatic carbocycles. The summed E-state index contributed by atoms with van der Waals surface area (Å²) in [5.74, 6) is -0.0893. The summed E-state index contributed by atoms with van der Waals surface area (Å²) in [6.45, 7) is 6.51. The summed E-state index contributed by atoms with van der Waals surface area (Å²) in [5.41, 5.74) is 2.95. The molecule has 3 rings (SSSR count). The molecule has 1 saturated heterocycles. The summed E-state index contributed by atoms with van der Waals surface area (Å²) in [6.07, 6.45) is 2.92. The molecule has 1 heterocycles. The van der Waals surface area contributed by atoms with Gasteiger partial charge in [0.05, 0.1) is 4.90 Å². The van der Waals surface area contributed by atoms with Crippen LogP contribution >= 0.6 is 0 Å². The van der Waals surface area contributed by atoms with E-state index in [1.165, 1.54) is 9.87 Å². The van der Waals surface area contributed by atoms with Crippen molar-refractivity contribution in [2.75, 3.05) is 13.1 Å². The molecule has 30 heavy (non-hydrogen) atoms. The third-order valence-corrected chi connectivity index (χ3v) is 7.92. The van der Waals surface area contributed by atoms with E-state index >= 15 is 0 Å². The van der Waals surface area contributed by atoms with E-state index in [4.69, 9.17) is 0 Å². The minimum absolute atomic E-state index is 0.0411. The molecule has 0 bridgehead atoms. The van der Waals surface area contributed by atoms with Crippen molar-refractivity contribution in [1.82, 2.24) is 9.62 Å². The SMILES string of the molecule is Cc1ccc(C)c(S(=O)(=O)N2CCC(C(=O)NC(C)CCc3ccccc3)CC2)c1. The standard InChI is InChI=1S/C24H32N2O3S/c1-18-9-10-19(2)23(17-18)30(28,29)26-15-13-22(14-16-26)24(27)25-20(3)11-12-21-7-5-4-6-8-21/h4-10,17,20,22H,11-16H2,1-3H3,(H,25,27). The van der Waals surface area contributed by atoms with Gasteiger partial charge in [0.1, 0.15) is 0 Å². The highest BCUT2D eigenvalue weighted by molar-refractivity contribution is 7.89. The number of hydrogen-bond donors (Lipinski definition) is 1. The smallest absolute Gasteiger partial charge is 0.243 e. The lowest BCUT2D eigenvalue weighted by Crippen LogP contribution is -2.45. The van der Waals surface area contributed by atoms with E-state index in [-0.39, 0.29) is 17.9 Å². The first-order valence-electron chi connectivity index (χ1n) is 10.7. The average Bonchev–Trinajstić information content (AvgIpc) is 2.74. The van der Waals surface area contributed by atoms with Crippen LogP contribution in [0.15, 0.2) is 53.4 Å². The summed E-state index contributed by atoms with van der Waals surface area (Å²) in [4.78, 5) is 13.0. The number of carbonyl (C=O) groups excluding carboxylic acids is 1. The predicted octanol–water partition coefficient (Wildman–Crippen LogP) is 3.84. The molecule has 162 valence electrons. The van der Waals surface area contributed by atoms with Crippen molar-refractivity contribution >= 4 is 15.9 Å². The number of piperidine rings is 1. The van der Waals surface area contributed by atoms with Crippen molar-refractivity contribution in [2.45, 2.75) is 57.4 Å². The first kappa shape index (κ1) is 22.5. The van der Waals surface area contributed by atoms with E-state index in [1.54, 1.807) is 6.07 Å². The highest BCUT2D eigenvalue weighted by Gasteiger charge is 2.33. The number of amides is 1. The van der Waals surface area contributed by atoms with Crippen LogP contribution in [0.3, 0.4) is 0 Å². The van der Waals surface area contributed by atoms with Crippen molar-refractivity contribution in [3.63, 3.8) is 0 Å². The van der Waals surface area contributed by atoms with Gasteiger partial charge in [0.2, 0.25) is 15.9 Å². The normalized spacial score (nSPS) is 16.9. The van der Waals surface area contributed by atoms with E-state index in [9.17, 15) is 13.2 Å². The third kappa shape index (κ3) is 5.49. The third-order valence-electron chi connectivity index (χ3n) is 5.88. The summed E-state index contributed by atoms with van der Waals surface area (Å²) in [6, 6.07) is 15.8. The molecule has 1 amide bonds. The van der Waals surface area contributed by atoms with Crippen LogP contribution in [0.4, 0.5) is 0 Å². The lowest BCUT2D eigenvalue weighted by molar-refractivity contribution is -0.126. The van der Waals surface area contributed by atoms with Crippen LogP contribution in [0, 0.1) is 19.8 Å². The molecule has 6 heteroatoms. The molecule has 0 spiro atoms. The number of nitrogens with zero attached hydrogens (tertiary/aromatic N) is 1. The Morgan fingerprint density at radius 1 is 1.10 bits per heavy atom. The van der Waals surface area contributed by atoms with Gasteiger partial charge in [-0.3, -0.25) is 4.79 Å². The topological polar surface area (TPSA) is 66.5 Å². The van der Waals surface area contributed by atoms with Crippen LogP contribution in [0.2, 0.25) is 0 Å². The van der Waals surface area contributed by atoms with Crippen molar-refractivity contribution in [3.8, 4) is 0 Å². The summed E-state index contributed by atoms with van der Waals surface area (Å²) >= 11 is 0.